The third-order valence-electron chi connectivity index (χ3n) is 4.75. The number of nitrogens with zero attached hydrogens (tertiary/aromatic N) is 2. The second kappa shape index (κ2) is 8.66. The number of hydrogen-bond acceptors (Lipinski definition) is 5. The van der Waals surface area contributed by atoms with Crippen LogP contribution in [-0.4, -0.2) is 57.3 Å². The summed E-state index contributed by atoms with van der Waals surface area (Å²) in [5, 5.41) is 0. The molecule has 1 amide bonds. The number of hydrogen-bond donors (Lipinski definition) is 0. The molecule has 0 aliphatic carbocycles. The van der Waals surface area contributed by atoms with Gasteiger partial charge in [0.05, 0.1) is 14.2 Å². The normalized spacial score (nSPS) is 15.2. The van der Waals surface area contributed by atoms with Gasteiger partial charge in [0.1, 0.15) is 5.75 Å². The van der Waals surface area contributed by atoms with Crippen molar-refractivity contribution in [3.63, 3.8) is 0 Å². The molecule has 2 aromatic rings. The summed E-state index contributed by atoms with van der Waals surface area (Å²) in [7, 11) is 3.25. The molecule has 2 aromatic carbocycles. The Labute approximate surface area is 160 Å². The van der Waals surface area contributed by atoms with Crippen LogP contribution in [0, 0.1) is 0 Å². The summed E-state index contributed by atoms with van der Waals surface area (Å²) in [5.41, 5.74) is 1.14. The van der Waals surface area contributed by atoms with Crippen LogP contribution in [0.1, 0.15) is 6.92 Å². The van der Waals surface area contributed by atoms with E-state index >= 15 is 0 Å². The first-order valence-corrected chi connectivity index (χ1v) is 9.10. The predicted molar refractivity (Wildman–Crippen MR) is 105 cm³/mol. The lowest BCUT2D eigenvalue weighted by Crippen LogP contribution is -2.52. The molecule has 0 radical (unpaired) electrons. The summed E-state index contributed by atoms with van der Waals surface area (Å²) in [5.74, 6) is 2.05. The van der Waals surface area contributed by atoms with E-state index in [1.165, 1.54) is 0 Å². The van der Waals surface area contributed by atoms with Crippen LogP contribution >= 0.6 is 0 Å². The minimum absolute atomic E-state index is 0.00436. The first-order valence-electron chi connectivity index (χ1n) is 9.10. The van der Waals surface area contributed by atoms with Crippen molar-refractivity contribution in [1.29, 1.82) is 0 Å². The second-order valence-electron chi connectivity index (χ2n) is 6.42. The molecule has 0 bridgehead atoms. The van der Waals surface area contributed by atoms with Crippen LogP contribution in [-0.2, 0) is 4.79 Å². The molecule has 1 atom stereocenters. The van der Waals surface area contributed by atoms with Crippen LogP contribution < -0.4 is 19.1 Å². The molecular weight excluding hydrogens is 344 g/mol. The molecule has 6 nitrogen and oxygen atoms in total. The van der Waals surface area contributed by atoms with Gasteiger partial charge in [0.2, 0.25) is 0 Å². The van der Waals surface area contributed by atoms with Crippen LogP contribution in [0.5, 0.6) is 17.2 Å². The highest BCUT2D eigenvalue weighted by molar-refractivity contribution is 5.81. The molecule has 0 aromatic heterocycles. The Morgan fingerprint density at radius 1 is 0.889 bits per heavy atom. The minimum Gasteiger partial charge on any atom is -0.497 e. The molecule has 0 N–H and O–H groups in total. The lowest BCUT2D eigenvalue weighted by atomic mass is 10.2. The molecule has 27 heavy (non-hydrogen) atoms. The van der Waals surface area contributed by atoms with Crippen LogP contribution in [0.15, 0.2) is 48.5 Å². The van der Waals surface area contributed by atoms with E-state index in [0.29, 0.717) is 24.6 Å². The summed E-state index contributed by atoms with van der Waals surface area (Å²) in [6.07, 6.45) is -0.561. The summed E-state index contributed by atoms with van der Waals surface area (Å²) >= 11 is 0. The van der Waals surface area contributed by atoms with Crippen molar-refractivity contribution in [3.8, 4) is 17.2 Å². The van der Waals surface area contributed by atoms with E-state index in [9.17, 15) is 4.79 Å². The first-order chi connectivity index (χ1) is 13.1. The Morgan fingerprint density at radius 3 is 2.11 bits per heavy atom. The summed E-state index contributed by atoms with van der Waals surface area (Å²) in [6, 6.07) is 15.4. The van der Waals surface area contributed by atoms with Gasteiger partial charge < -0.3 is 24.0 Å². The predicted octanol–water partition coefficient (Wildman–Crippen LogP) is 2.82. The molecule has 0 unspecified atom stereocenters. The zero-order chi connectivity index (χ0) is 19.2. The standard InChI is InChI=1S/C21H26N2O4/c1-16(27-20-7-5-4-6-19(20)26-3)21(24)23-14-12-22(13-15-23)17-8-10-18(25-2)11-9-17/h4-11,16H,12-15H2,1-3H3/t16-/m1/s1. The number of ether oxygens (including phenoxy) is 3. The van der Waals surface area contributed by atoms with E-state index in [1.54, 1.807) is 21.1 Å². The van der Waals surface area contributed by atoms with Gasteiger partial charge in [0.25, 0.3) is 5.91 Å². The Hall–Kier alpha value is -2.89. The SMILES string of the molecule is COc1ccc(N2CCN(C(=O)[C@@H](C)Oc3ccccc3OC)CC2)cc1. The molecule has 1 aliphatic rings. The van der Waals surface area contributed by atoms with Crippen LogP contribution in [0.3, 0.4) is 0 Å². The number of carbonyl (C=O) groups excluding carboxylic acids is 1. The summed E-state index contributed by atoms with van der Waals surface area (Å²) < 4.78 is 16.3. The molecule has 6 heteroatoms. The quantitative estimate of drug-likeness (QED) is 0.783. The molecule has 1 heterocycles. The van der Waals surface area contributed by atoms with Crippen LogP contribution in [0.4, 0.5) is 5.69 Å². The van der Waals surface area contributed by atoms with Gasteiger partial charge in [-0.25, -0.2) is 0 Å². The largest absolute Gasteiger partial charge is 0.497 e. The Morgan fingerprint density at radius 2 is 1.52 bits per heavy atom. The zero-order valence-corrected chi connectivity index (χ0v) is 16.1. The van der Waals surface area contributed by atoms with Crippen molar-refractivity contribution in [2.24, 2.45) is 0 Å². The minimum atomic E-state index is -0.561. The Kier molecular flexibility index (Phi) is 6.06. The van der Waals surface area contributed by atoms with E-state index < -0.39 is 6.10 Å². The Bertz CT molecular complexity index is 755. The van der Waals surface area contributed by atoms with Crippen molar-refractivity contribution in [2.75, 3.05) is 45.3 Å². The highest BCUT2D eigenvalue weighted by atomic mass is 16.5. The second-order valence-corrected chi connectivity index (χ2v) is 6.42. The van der Waals surface area contributed by atoms with Crippen LogP contribution in [0.2, 0.25) is 0 Å². The number of para-hydroxylation sites is 2. The Balaban J connectivity index is 1.55. The van der Waals surface area contributed by atoms with Crippen molar-refractivity contribution in [1.82, 2.24) is 4.90 Å². The van der Waals surface area contributed by atoms with E-state index in [1.807, 2.05) is 53.4 Å². The maximum atomic E-state index is 12.8. The van der Waals surface area contributed by atoms with Gasteiger partial charge in [-0.2, -0.15) is 0 Å². The van der Waals surface area contributed by atoms with E-state index in [2.05, 4.69) is 4.90 Å². The number of amides is 1. The average molecular weight is 370 g/mol. The smallest absolute Gasteiger partial charge is 0.263 e. The third kappa shape index (κ3) is 4.45. The fourth-order valence-corrected chi connectivity index (χ4v) is 3.19. The lowest BCUT2D eigenvalue weighted by molar-refractivity contribution is -0.138. The fourth-order valence-electron chi connectivity index (χ4n) is 3.19. The number of carbonyl (C=O) groups is 1. The maximum absolute atomic E-state index is 12.8. The molecule has 1 saturated heterocycles. The molecule has 1 fully saturated rings. The van der Waals surface area contributed by atoms with Crippen molar-refractivity contribution in [2.45, 2.75) is 13.0 Å². The van der Waals surface area contributed by atoms with Gasteiger partial charge in [-0.05, 0) is 43.3 Å². The van der Waals surface area contributed by atoms with Gasteiger partial charge in [-0.3, -0.25) is 4.79 Å². The average Bonchev–Trinajstić information content (AvgIpc) is 2.73. The molecular formula is C21H26N2O4. The summed E-state index contributed by atoms with van der Waals surface area (Å²) in [4.78, 5) is 16.9. The molecule has 3 rings (SSSR count). The molecule has 0 saturated carbocycles. The monoisotopic (exact) mass is 370 g/mol. The lowest BCUT2D eigenvalue weighted by Gasteiger charge is -2.37. The highest BCUT2D eigenvalue weighted by Gasteiger charge is 2.26. The molecule has 144 valence electrons. The van der Waals surface area contributed by atoms with Gasteiger partial charge in [-0.1, -0.05) is 12.1 Å². The van der Waals surface area contributed by atoms with E-state index in [4.69, 9.17) is 14.2 Å². The van der Waals surface area contributed by atoms with Gasteiger partial charge >= 0.3 is 0 Å². The zero-order valence-electron chi connectivity index (χ0n) is 16.1. The fraction of sp³-hybridized carbons (Fsp3) is 0.381. The number of benzene rings is 2. The summed E-state index contributed by atoms with van der Waals surface area (Å²) in [6.45, 7) is 4.71. The number of rotatable bonds is 6. The van der Waals surface area contributed by atoms with Crippen LogP contribution in [0.25, 0.3) is 0 Å². The van der Waals surface area contributed by atoms with Gasteiger partial charge in [0, 0.05) is 31.9 Å². The number of piperazine rings is 1. The topological polar surface area (TPSA) is 51.2 Å². The highest BCUT2D eigenvalue weighted by Crippen LogP contribution is 2.27. The van der Waals surface area contributed by atoms with Gasteiger partial charge in [0.15, 0.2) is 17.6 Å². The third-order valence-corrected chi connectivity index (χ3v) is 4.75. The van der Waals surface area contributed by atoms with E-state index in [-0.39, 0.29) is 5.91 Å². The maximum Gasteiger partial charge on any atom is 0.263 e. The first kappa shape index (κ1) is 18.9. The molecule has 0 spiro atoms. The van der Waals surface area contributed by atoms with E-state index in [0.717, 1.165) is 24.5 Å². The number of methoxy groups -OCH3 is 2. The number of anilines is 1. The van der Waals surface area contributed by atoms with Gasteiger partial charge in [-0.15, -0.1) is 0 Å². The van der Waals surface area contributed by atoms with Crippen molar-refractivity contribution < 1.29 is 19.0 Å². The van der Waals surface area contributed by atoms with Crippen molar-refractivity contribution in [3.05, 3.63) is 48.5 Å². The van der Waals surface area contributed by atoms with Crippen molar-refractivity contribution >= 4 is 11.6 Å². The molecule has 1 aliphatic heterocycles.